The molecule has 1 rings (SSSR count). The zero-order chi connectivity index (χ0) is 11.3. The van der Waals surface area contributed by atoms with Gasteiger partial charge < -0.3 is 9.47 Å². The van der Waals surface area contributed by atoms with Crippen LogP contribution >= 0.6 is 0 Å². The summed E-state index contributed by atoms with van der Waals surface area (Å²) in [5, 5.41) is 0. The summed E-state index contributed by atoms with van der Waals surface area (Å²) in [6.07, 6.45) is -0.465. The highest BCUT2D eigenvalue weighted by Gasteiger charge is 2.14. The van der Waals surface area contributed by atoms with Crippen molar-refractivity contribution in [3.8, 4) is 0 Å². The van der Waals surface area contributed by atoms with E-state index < -0.39 is 6.10 Å². The number of methoxy groups -OCH3 is 1. The van der Waals surface area contributed by atoms with Crippen LogP contribution in [0.1, 0.15) is 22.8 Å². The second-order valence-corrected chi connectivity index (χ2v) is 3.45. The number of hydrogen-bond donors (Lipinski definition) is 0. The summed E-state index contributed by atoms with van der Waals surface area (Å²) in [6.45, 7) is 3.85. The first-order chi connectivity index (χ1) is 7.15. The summed E-state index contributed by atoms with van der Waals surface area (Å²) < 4.78 is 9.91. The third-order valence-electron chi connectivity index (χ3n) is 2.14. The molecule has 0 bridgehead atoms. The highest BCUT2D eigenvalue weighted by atomic mass is 16.7. The van der Waals surface area contributed by atoms with Gasteiger partial charge >= 0.3 is 0 Å². The predicted octanol–water partition coefficient (Wildman–Crippen LogP) is 2.19. The first kappa shape index (κ1) is 11.9. The third-order valence-corrected chi connectivity index (χ3v) is 2.14. The molecule has 0 aliphatic heterocycles. The van der Waals surface area contributed by atoms with Gasteiger partial charge in [-0.3, -0.25) is 4.79 Å². The largest absolute Gasteiger partial charge is 0.359 e. The van der Waals surface area contributed by atoms with Crippen LogP contribution in [-0.2, 0) is 9.47 Å². The fourth-order valence-electron chi connectivity index (χ4n) is 1.20. The highest BCUT2D eigenvalue weighted by Crippen LogP contribution is 2.08. The number of Topliss-reactive ketones (excluding diaryl/α,β-unsaturated/α-hetero) is 1. The van der Waals surface area contributed by atoms with Crippen LogP contribution in [0.15, 0.2) is 24.3 Å². The van der Waals surface area contributed by atoms with Gasteiger partial charge in [0.2, 0.25) is 0 Å². The smallest absolute Gasteiger partial charge is 0.191 e. The maximum absolute atomic E-state index is 11.8. The van der Waals surface area contributed by atoms with Gasteiger partial charge in [-0.05, 0) is 13.8 Å². The quantitative estimate of drug-likeness (QED) is 0.549. The number of hydrogen-bond acceptors (Lipinski definition) is 3. The minimum absolute atomic E-state index is 0.0212. The van der Waals surface area contributed by atoms with E-state index in [1.807, 2.05) is 31.2 Å². The first-order valence-corrected chi connectivity index (χ1v) is 4.86. The second kappa shape index (κ2) is 5.63. The van der Waals surface area contributed by atoms with Crippen molar-refractivity contribution in [3.05, 3.63) is 35.4 Å². The van der Waals surface area contributed by atoms with Gasteiger partial charge in [-0.2, -0.15) is 0 Å². The minimum atomic E-state index is -0.465. The number of ether oxygens (including phenoxy) is 2. The number of benzene rings is 1. The molecule has 0 radical (unpaired) electrons. The lowest BCUT2D eigenvalue weighted by atomic mass is 10.1. The van der Waals surface area contributed by atoms with Crippen LogP contribution in [0.3, 0.4) is 0 Å². The molecule has 0 aliphatic carbocycles. The van der Waals surface area contributed by atoms with Gasteiger partial charge in [0.05, 0.1) is 0 Å². The van der Waals surface area contributed by atoms with E-state index >= 15 is 0 Å². The Kier molecular flexibility index (Phi) is 4.46. The standard InChI is InChI=1S/C12H16O3/c1-9-4-6-11(7-5-9)12(13)10(2)15-8-14-3/h4-7,10H,8H2,1-3H3/t10-/m0/s1. The lowest BCUT2D eigenvalue weighted by molar-refractivity contribution is -0.0541. The summed E-state index contributed by atoms with van der Waals surface area (Å²) in [6, 6.07) is 7.45. The zero-order valence-electron chi connectivity index (χ0n) is 9.32. The molecule has 0 spiro atoms. The molecule has 15 heavy (non-hydrogen) atoms. The molecule has 0 N–H and O–H groups in total. The molecule has 3 nitrogen and oxygen atoms in total. The van der Waals surface area contributed by atoms with Crippen LogP contribution in [-0.4, -0.2) is 25.8 Å². The first-order valence-electron chi connectivity index (χ1n) is 4.86. The maximum Gasteiger partial charge on any atom is 0.191 e. The lowest BCUT2D eigenvalue weighted by Crippen LogP contribution is -2.21. The number of carbonyl (C=O) groups is 1. The molecule has 0 aliphatic rings. The monoisotopic (exact) mass is 208 g/mol. The van der Waals surface area contributed by atoms with Gasteiger partial charge in [-0.15, -0.1) is 0 Å². The summed E-state index contributed by atoms with van der Waals surface area (Å²) in [4.78, 5) is 11.8. The average Bonchev–Trinajstić information content (AvgIpc) is 2.26. The van der Waals surface area contributed by atoms with Crippen molar-refractivity contribution in [1.29, 1.82) is 0 Å². The number of ketones is 1. The second-order valence-electron chi connectivity index (χ2n) is 3.45. The van der Waals surface area contributed by atoms with Crippen molar-refractivity contribution < 1.29 is 14.3 Å². The van der Waals surface area contributed by atoms with E-state index in [1.54, 1.807) is 6.92 Å². The molecule has 0 fully saturated rings. The van der Waals surface area contributed by atoms with Crippen LogP contribution in [0, 0.1) is 6.92 Å². The van der Waals surface area contributed by atoms with Crippen molar-refractivity contribution in [2.24, 2.45) is 0 Å². The van der Waals surface area contributed by atoms with E-state index in [1.165, 1.54) is 7.11 Å². The fraction of sp³-hybridized carbons (Fsp3) is 0.417. The Morgan fingerprint density at radius 3 is 2.47 bits per heavy atom. The van der Waals surface area contributed by atoms with Crippen LogP contribution in [0.5, 0.6) is 0 Å². The molecular formula is C12H16O3. The number of carbonyl (C=O) groups excluding carboxylic acids is 1. The van der Waals surface area contributed by atoms with Crippen molar-refractivity contribution in [2.75, 3.05) is 13.9 Å². The molecule has 0 aromatic heterocycles. The van der Waals surface area contributed by atoms with Gasteiger partial charge in [0.25, 0.3) is 0 Å². The summed E-state index contributed by atoms with van der Waals surface area (Å²) in [7, 11) is 1.53. The molecular weight excluding hydrogens is 192 g/mol. The molecule has 0 saturated carbocycles. The molecule has 0 heterocycles. The van der Waals surface area contributed by atoms with Gasteiger partial charge in [-0.25, -0.2) is 0 Å². The Labute approximate surface area is 90.0 Å². The molecule has 1 aromatic rings. The van der Waals surface area contributed by atoms with E-state index in [2.05, 4.69) is 0 Å². The number of rotatable bonds is 5. The molecule has 3 heteroatoms. The van der Waals surface area contributed by atoms with Gasteiger partial charge in [0.15, 0.2) is 5.78 Å². The molecule has 1 aromatic carbocycles. The van der Waals surface area contributed by atoms with Crippen LogP contribution in [0.4, 0.5) is 0 Å². The Balaban J connectivity index is 2.63. The van der Waals surface area contributed by atoms with Crippen molar-refractivity contribution in [1.82, 2.24) is 0 Å². The van der Waals surface area contributed by atoms with Crippen molar-refractivity contribution in [2.45, 2.75) is 20.0 Å². The summed E-state index contributed by atoms with van der Waals surface area (Å²) in [5.74, 6) is -0.0212. The van der Waals surface area contributed by atoms with E-state index in [9.17, 15) is 4.79 Å². The summed E-state index contributed by atoms with van der Waals surface area (Å²) >= 11 is 0. The Morgan fingerprint density at radius 1 is 1.33 bits per heavy atom. The third kappa shape index (κ3) is 3.46. The van der Waals surface area contributed by atoms with Gasteiger partial charge in [0, 0.05) is 12.7 Å². The molecule has 1 atom stereocenters. The predicted molar refractivity (Wildman–Crippen MR) is 57.9 cm³/mol. The van der Waals surface area contributed by atoms with Gasteiger partial charge in [0.1, 0.15) is 12.9 Å². The normalized spacial score (nSPS) is 12.5. The SMILES string of the molecule is COCO[C@@H](C)C(=O)c1ccc(C)cc1. The Morgan fingerprint density at radius 2 is 1.93 bits per heavy atom. The Bertz CT molecular complexity index is 316. The van der Waals surface area contributed by atoms with Crippen molar-refractivity contribution >= 4 is 5.78 Å². The van der Waals surface area contributed by atoms with E-state index in [0.717, 1.165) is 5.56 Å². The minimum Gasteiger partial charge on any atom is -0.359 e. The Hall–Kier alpha value is -1.19. The summed E-state index contributed by atoms with van der Waals surface area (Å²) in [5.41, 5.74) is 1.81. The molecule has 0 saturated heterocycles. The average molecular weight is 208 g/mol. The zero-order valence-corrected chi connectivity index (χ0v) is 9.32. The lowest BCUT2D eigenvalue weighted by Gasteiger charge is -2.11. The molecule has 0 amide bonds. The number of aryl methyl sites for hydroxylation is 1. The molecule has 82 valence electrons. The fourth-order valence-corrected chi connectivity index (χ4v) is 1.20. The van der Waals surface area contributed by atoms with Crippen molar-refractivity contribution in [3.63, 3.8) is 0 Å². The maximum atomic E-state index is 11.8. The van der Waals surface area contributed by atoms with E-state index in [0.29, 0.717) is 5.56 Å². The highest BCUT2D eigenvalue weighted by molar-refractivity contribution is 5.99. The van der Waals surface area contributed by atoms with E-state index in [4.69, 9.17) is 9.47 Å². The van der Waals surface area contributed by atoms with Crippen LogP contribution < -0.4 is 0 Å². The van der Waals surface area contributed by atoms with E-state index in [-0.39, 0.29) is 12.6 Å². The van der Waals surface area contributed by atoms with Crippen LogP contribution in [0.2, 0.25) is 0 Å². The van der Waals surface area contributed by atoms with Gasteiger partial charge in [-0.1, -0.05) is 29.8 Å². The van der Waals surface area contributed by atoms with Crippen LogP contribution in [0.25, 0.3) is 0 Å². The molecule has 0 unspecified atom stereocenters. The topological polar surface area (TPSA) is 35.5 Å².